The minimum Gasteiger partial charge on any atom is -0.493 e. The van der Waals surface area contributed by atoms with Crippen molar-refractivity contribution in [2.75, 3.05) is 27.3 Å². The predicted octanol–water partition coefficient (Wildman–Crippen LogP) is 2.47. The molecule has 0 aromatic heterocycles. The second-order valence-corrected chi connectivity index (χ2v) is 5.43. The summed E-state index contributed by atoms with van der Waals surface area (Å²) in [6.45, 7) is -0.0521. The van der Waals surface area contributed by atoms with E-state index in [1.165, 1.54) is 19.1 Å². The summed E-state index contributed by atoms with van der Waals surface area (Å²) in [4.78, 5) is 25.2. The highest BCUT2D eigenvalue weighted by Crippen LogP contribution is 2.28. The first-order valence-corrected chi connectivity index (χ1v) is 7.82. The lowest BCUT2D eigenvalue weighted by Gasteiger charge is -2.21. The van der Waals surface area contributed by atoms with Crippen molar-refractivity contribution in [3.05, 3.63) is 59.7 Å². The summed E-state index contributed by atoms with van der Waals surface area (Å²) in [6.07, 6.45) is 0.577. The van der Waals surface area contributed by atoms with Gasteiger partial charge in [0.2, 0.25) is 0 Å². The molecular formula is C19H21NO5. The van der Waals surface area contributed by atoms with Crippen molar-refractivity contribution in [1.29, 1.82) is 0 Å². The Kier molecular flexibility index (Phi) is 6.39. The van der Waals surface area contributed by atoms with Gasteiger partial charge >= 0.3 is 5.97 Å². The SMILES string of the molecule is COc1ccc(C(=O)N(CCc2ccccc2)CC(=O)O)cc1OC. The number of carboxylic acids is 1. The molecule has 0 fully saturated rings. The normalized spacial score (nSPS) is 10.2. The standard InChI is InChI=1S/C19H21NO5/c1-24-16-9-8-15(12-17(16)25-2)19(23)20(13-18(21)22)11-10-14-6-4-3-5-7-14/h3-9,12H,10-11,13H2,1-2H3,(H,21,22). The molecule has 0 unspecified atom stereocenters. The predicted molar refractivity (Wildman–Crippen MR) is 93.2 cm³/mol. The average Bonchev–Trinajstić information content (AvgIpc) is 2.64. The number of nitrogens with zero attached hydrogens (tertiary/aromatic N) is 1. The van der Waals surface area contributed by atoms with E-state index in [1.807, 2.05) is 30.3 Å². The van der Waals surface area contributed by atoms with Crippen LogP contribution in [0.5, 0.6) is 11.5 Å². The third kappa shape index (κ3) is 4.97. The summed E-state index contributed by atoms with van der Waals surface area (Å²) in [5, 5.41) is 9.12. The van der Waals surface area contributed by atoms with Crippen LogP contribution >= 0.6 is 0 Å². The quantitative estimate of drug-likeness (QED) is 0.797. The molecule has 0 aliphatic carbocycles. The second kappa shape index (κ2) is 8.73. The first-order chi connectivity index (χ1) is 12.0. The van der Waals surface area contributed by atoms with Gasteiger partial charge in [0, 0.05) is 12.1 Å². The van der Waals surface area contributed by atoms with E-state index in [1.54, 1.807) is 18.2 Å². The van der Waals surface area contributed by atoms with Gasteiger partial charge in [0.25, 0.3) is 5.91 Å². The van der Waals surface area contributed by atoms with Crippen molar-refractivity contribution in [3.8, 4) is 11.5 Å². The Morgan fingerprint density at radius 2 is 1.68 bits per heavy atom. The molecule has 2 aromatic rings. The summed E-state index contributed by atoms with van der Waals surface area (Å²) < 4.78 is 10.4. The Hall–Kier alpha value is -3.02. The van der Waals surface area contributed by atoms with Crippen LogP contribution in [0.4, 0.5) is 0 Å². The van der Waals surface area contributed by atoms with Crippen molar-refractivity contribution < 1.29 is 24.2 Å². The summed E-state index contributed by atoms with van der Waals surface area (Å²) in [7, 11) is 2.99. The first-order valence-electron chi connectivity index (χ1n) is 7.82. The molecule has 0 atom stereocenters. The molecule has 1 N–H and O–H groups in total. The Morgan fingerprint density at radius 1 is 1.00 bits per heavy atom. The zero-order valence-electron chi connectivity index (χ0n) is 14.3. The van der Waals surface area contributed by atoms with Crippen molar-refractivity contribution in [1.82, 2.24) is 4.90 Å². The van der Waals surface area contributed by atoms with Crippen LogP contribution in [-0.2, 0) is 11.2 Å². The second-order valence-electron chi connectivity index (χ2n) is 5.43. The minimum atomic E-state index is -1.05. The van der Waals surface area contributed by atoms with Crippen molar-refractivity contribution in [3.63, 3.8) is 0 Å². The van der Waals surface area contributed by atoms with Gasteiger partial charge in [-0.05, 0) is 30.2 Å². The molecule has 0 aliphatic heterocycles. The highest BCUT2D eigenvalue weighted by molar-refractivity contribution is 5.96. The van der Waals surface area contributed by atoms with Gasteiger partial charge in [-0.15, -0.1) is 0 Å². The molecule has 1 amide bonds. The van der Waals surface area contributed by atoms with Gasteiger partial charge in [0.05, 0.1) is 14.2 Å². The lowest BCUT2D eigenvalue weighted by Crippen LogP contribution is -2.37. The maximum Gasteiger partial charge on any atom is 0.323 e. The van der Waals surface area contributed by atoms with Crippen LogP contribution in [0.1, 0.15) is 15.9 Å². The number of ether oxygens (including phenoxy) is 2. The molecule has 0 spiro atoms. The Bertz CT molecular complexity index is 730. The number of carboxylic acid groups (broad SMARTS) is 1. The monoisotopic (exact) mass is 343 g/mol. The number of rotatable bonds is 8. The number of amides is 1. The smallest absolute Gasteiger partial charge is 0.323 e. The number of carbonyl (C=O) groups is 2. The zero-order valence-corrected chi connectivity index (χ0v) is 14.3. The van der Waals surface area contributed by atoms with E-state index in [4.69, 9.17) is 14.6 Å². The molecule has 6 nitrogen and oxygen atoms in total. The van der Waals surface area contributed by atoms with E-state index < -0.39 is 5.97 Å². The highest BCUT2D eigenvalue weighted by Gasteiger charge is 2.20. The highest BCUT2D eigenvalue weighted by atomic mass is 16.5. The molecule has 25 heavy (non-hydrogen) atoms. The van der Waals surface area contributed by atoms with Gasteiger partial charge in [-0.25, -0.2) is 0 Å². The lowest BCUT2D eigenvalue weighted by atomic mass is 10.1. The first kappa shape index (κ1) is 18.3. The van der Waals surface area contributed by atoms with Gasteiger partial charge < -0.3 is 19.5 Å². The summed E-state index contributed by atoms with van der Waals surface area (Å²) in [6, 6.07) is 14.4. The van der Waals surface area contributed by atoms with Crippen LogP contribution in [0.3, 0.4) is 0 Å². The zero-order chi connectivity index (χ0) is 18.2. The lowest BCUT2D eigenvalue weighted by molar-refractivity contribution is -0.137. The van der Waals surface area contributed by atoms with Crippen molar-refractivity contribution >= 4 is 11.9 Å². The Morgan fingerprint density at radius 3 is 2.28 bits per heavy atom. The number of methoxy groups -OCH3 is 2. The fraction of sp³-hybridized carbons (Fsp3) is 0.263. The molecular weight excluding hydrogens is 322 g/mol. The molecule has 0 radical (unpaired) electrons. The molecule has 2 rings (SSSR count). The van der Waals surface area contributed by atoms with E-state index in [0.717, 1.165) is 5.56 Å². The Balaban J connectivity index is 2.18. The number of aliphatic carboxylic acids is 1. The number of carbonyl (C=O) groups excluding carboxylic acids is 1. The van der Waals surface area contributed by atoms with Crippen LogP contribution in [0, 0.1) is 0 Å². The van der Waals surface area contributed by atoms with Crippen molar-refractivity contribution in [2.45, 2.75) is 6.42 Å². The van der Waals surface area contributed by atoms with Crippen LogP contribution < -0.4 is 9.47 Å². The maximum atomic E-state index is 12.7. The van der Waals surface area contributed by atoms with Crippen molar-refractivity contribution in [2.24, 2.45) is 0 Å². The molecule has 0 saturated carbocycles. The van der Waals surface area contributed by atoms with Crippen LogP contribution in [0.2, 0.25) is 0 Å². The maximum absolute atomic E-state index is 12.7. The van der Waals surface area contributed by atoms with E-state index in [-0.39, 0.29) is 12.5 Å². The third-order valence-corrected chi connectivity index (χ3v) is 3.76. The topological polar surface area (TPSA) is 76.1 Å². The third-order valence-electron chi connectivity index (χ3n) is 3.76. The van der Waals surface area contributed by atoms with Gasteiger partial charge in [-0.2, -0.15) is 0 Å². The van der Waals surface area contributed by atoms with Gasteiger partial charge in [0.1, 0.15) is 6.54 Å². The van der Waals surface area contributed by atoms with E-state index >= 15 is 0 Å². The molecule has 132 valence electrons. The van der Waals surface area contributed by atoms with E-state index in [2.05, 4.69) is 0 Å². The number of benzene rings is 2. The fourth-order valence-electron chi connectivity index (χ4n) is 2.48. The van der Waals surface area contributed by atoms with Gasteiger partial charge in [-0.1, -0.05) is 30.3 Å². The van der Waals surface area contributed by atoms with Gasteiger partial charge in [0.15, 0.2) is 11.5 Å². The number of hydrogen-bond acceptors (Lipinski definition) is 4. The van der Waals surface area contributed by atoms with E-state index in [0.29, 0.717) is 30.0 Å². The molecule has 6 heteroatoms. The molecule has 0 heterocycles. The molecule has 0 saturated heterocycles. The number of hydrogen-bond donors (Lipinski definition) is 1. The van der Waals surface area contributed by atoms with Crippen LogP contribution in [0.15, 0.2) is 48.5 Å². The van der Waals surface area contributed by atoms with Gasteiger partial charge in [-0.3, -0.25) is 9.59 Å². The molecule has 2 aromatic carbocycles. The van der Waals surface area contributed by atoms with Crippen LogP contribution in [0.25, 0.3) is 0 Å². The fourth-order valence-corrected chi connectivity index (χ4v) is 2.48. The van der Waals surface area contributed by atoms with Crippen LogP contribution in [-0.4, -0.2) is 49.2 Å². The summed E-state index contributed by atoms with van der Waals surface area (Å²) in [5.41, 5.74) is 1.39. The largest absolute Gasteiger partial charge is 0.493 e. The minimum absolute atomic E-state index is 0.309. The Labute approximate surface area is 146 Å². The molecule has 0 bridgehead atoms. The summed E-state index contributed by atoms with van der Waals surface area (Å²) in [5.74, 6) is -0.485. The average molecular weight is 343 g/mol. The van der Waals surface area contributed by atoms with E-state index in [9.17, 15) is 9.59 Å². The summed E-state index contributed by atoms with van der Waals surface area (Å²) >= 11 is 0. The molecule has 0 aliphatic rings.